The number of amides is 2. The van der Waals surface area contributed by atoms with Crippen molar-refractivity contribution in [1.29, 1.82) is 0 Å². The van der Waals surface area contributed by atoms with Crippen LogP contribution in [0.3, 0.4) is 0 Å². The van der Waals surface area contributed by atoms with Gasteiger partial charge in [-0.1, -0.05) is 33.3 Å². The van der Waals surface area contributed by atoms with Gasteiger partial charge in [-0.25, -0.2) is 0 Å². The fraction of sp³-hybridized carbons (Fsp3) is 0.333. The lowest BCUT2D eigenvalue weighted by molar-refractivity contribution is -0.123. The number of fused-ring (bicyclic) bond motifs is 9. The summed E-state index contributed by atoms with van der Waals surface area (Å²) in [6.07, 6.45) is 4.52. The zero-order chi connectivity index (χ0) is 22.4. The largest absolute Gasteiger partial charge is 0.307 e. The van der Waals surface area contributed by atoms with E-state index in [1.807, 2.05) is 36.5 Å². The third-order valence-corrected chi connectivity index (χ3v) is 11.0. The first-order valence-electron chi connectivity index (χ1n) is 11.0. The molecule has 2 aliphatic heterocycles. The summed E-state index contributed by atoms with van der Waals surface area (Å²) in [5.41, 5.74) is 1.72. The summed E-state index contributed by atoms with van der Waals surface area (Å²) in [7, 11) is 0. The molecule has 2 bridgehead atoms. The van der Waals surface area contributed by atoms with E-state index in [0.717, 1.165) is 26.4 Å². The molecule has 3 aromatic rings. The average molecular weight is 540 g/mol. The molecule has 1 saturated heterocycles. The molecule has 2 aromatic heterocycles. The Balaban J connectivity index is 1.33. The molecular weight excluding hydrogens is 522 g/mol. The highest BCUT2D eigenvalue weighted by Crippen LogP contribution is 2.68. The van der Waals surface area contributed by atoms with E-state index in [0.29, 0.717) is 5.69 Å². The smallest absolute Gasteiger partial charge is 0.305 e. The first kappa shape index (κ1) is 20.2. The van der Waals surface area contributed by atoms with Crippen LogP contribution in [0.2, 0.25) is 0 Å². The number of nitrogens with zero attached hydrogens (tertiary/aromatic N) is 2. The lowest BCUT2D eigenvalue weighted by atomic mass is 9.68. The van der Waals surface area contributed by atoms with E-state index in [4.69, 9.17) is 0 Å². The number of nitrogens with one attached hydrogen (secondary N) is 1. The van der Waals surface area contributed by atoms with Gasteiger partial charge in [0.05, 0.1) is 22.5 Å². The van der Waals surface area contributed by atoms with Gasteiger partial charge >= 0.3 is 4.87 Å². The number of hydrogen-bond donors (Lipinski definition) is 1. The Morgan fingerprint density at radius 2 is 1.79 bits per heavy atom. The van der Waals surface area contributed by atoms with Gasteiger partial charge in [-0.05, 0) is 60.1 Å². The summed E-state index contributed by atoms with van der Waals surface area (Å²) in [6.45, 7) is 0. The quantitative estimate of drug-likeness (QED) is 0.491. The molecule has 1 aromatic carbocycles. The highest BCUT2D eigenvalue weighted by atomic mass is 79.9. The Kier molecular flexibility index (Phi) is 4.36. The number of hydrogen-bond acceptors (Lipinski definition) is 6. The van der Waals surface area contributed by atoms with E-state index in [-0.39, 0.29) is 57.4 Å². The molecule has 3 fully saturated rings. The van der Waals surface area contributed by atoms with Crippen molar-refractivity contribution in [1.82, 2.24) is 9.97 Å². The molecule has 2 saturated carbocycles. The molecule has 0 spiro atoms. The minimum Gasteiger partial charge on any atom is -0.307 e. The number of aromatic amines is 1. The van der Waals surface area contributed by atoms with Crippen molar-refractivity contribution in [3.8, 4) is 0 Å². The Morgan fingerprint density at radius 3 is 2.52 bits per heavy atom. The Bertz CT molecular complexity index is 1360. The van der Waals surface area contributed by atoms with Crippen molar-refractivity contribution < 1.29 is 9.59 Å². The van der Waals surface area contributed by atoms with Gasteiger partial charge in [0.1, 0.15) is 0 Å². The summed E-state index contributed by atoms with van der Waals surface area (Å²) in [5.74, 6) is -0.239. The second-order valence-electron chi connectivity index (χ2n) is 9.24. The van der Waals surface area contributed by atoms with E-state index >= 15 is 0 Å². The van der Waals surface area contributed by atoms with Gasteiger partial charge in [0.25, 0.3) is 0 Å². The first-order chi connectivity index (χ1) is 16.0. The molecule has 7 atom stereocenters. The molecule has 4 aliphatic rings. The number of imide groups is 1. The normalized spacial score (nSPS) is 33.8. The molecule has 6 nitrogen and oxygen atoms in total. The number of rotatable bonds is 2. The van der Waals surface area contributed by atoms with Gasteiger partial charge < -0.3 is 4.98 Å². The van der Waals surface area contributed by atoms with E-state index in [1.165, 1.54) is 16.2 Å². The van der Waals surface area contributed by atoms with E-state index in [9.17, 15) is 14.4 Å². The lowest BCUT2D eigenvalue weighted by Gasteiger charge is -2.42. The minimum absolute atomic E-state index is 0.0180. The molecule has 1 N–H and O–H groups in total. The molecule has 7 rings (SSSR count). The maximum Gasteiger partial charge on any atom is 0.305 e. The molecule has 4 heterocycles. The second-order valence-corrected chi connectivity index (χ2v) is 12.4. The third kappa shape index (κ3) is 2.73. The van der Waals surface area contributed by atoms with Crippen LogP contribution in [0.4, 0.5) is 5.69 Å². The maximum absolute atomic E-state index is 13.7. The molecular formula is C24H18BrN3O3S2. The van der Waals surface area contributed by atoms with E-state index in [2.05, 4.69) is 32.0 Å². The van der Waals surface area contributed by atoms with Crippen LogP contribution >= 0.6 is 39.0 Å². The first-order valence-corrected chi connectivity index (χ1v) is 13.4. The maximum atomic E-state index is 13.7. The van der Waals surface area contributed by atoms with Crippen LogP contribution in [0, 0.1) is 29.6 Å². The molecule has 33 heavy (non-hydrogen) atoms. The zero-order valence-electron chi connectivity index (χ0n) is 17.2. The number of carbonyl (C=O) groups is 2. The standard InChI is InChI=1S/C24H18BrN3O3S2/c25-11-3-5-12(6-4-11)28-22(29)17-13-8-14(18(17)23(28)30)19-16(13)15(10-2-1-7-26-9-10)20-21(32-19)27-24(31)33-20/h1-7,9,13-19H,8H2,(H,27,31)/t13-,14-,15+,16+,17+,18+,19-/m1/s1. The number of carbonyl (C=O) groups excluding carboxylic acids is 2. The fourth-order valence-corrected chi connectivity index (χ4v) is 9.95. The van der Waals surface area contributed by atoms with Crippen molar-refractivity contribution in [3.63, 3.8) is 0 Å². The van der Waals surface area contributed by atoms with Crippen LogP contribution in [0.25, 0.3) is 0 Å². The van der Waals surface area contributed by atoms with Crippen LogP contribution < -0.4 is 9.77 Å². The van der Waals surface area contributed by atoms with Crippen LogP contribution in [-0.4, -0.2) is 27.0 Å². The van der Waals surface area contributed by atoms with Crippen molar-refractivity contribution >= 4 is 56.5 Å². The van der Waals surface area contributed by atoms with E-state index < -0.39 is 0 Å². The molecule has 2 aliphatic carbocycles. The summed E-state index contributed by atoms with van der Waals surface area (Å²) in [6, 6.07) is 11.4. The van der Waals surface area contributed by atoms with Gasteiger partial charge in [0.15, 0.2) is 0 Å². The number of anilines is 1. The van der Waals surface area contributed by atoms with Crippen molar-refractivity contribution in [3.05, 3.63) is 73.4 Å². The molecule has 9 heteroatoms. The van der Waals surface area contributed by atoms with Gasteiger partial charge in [-0.2, -0.15) is 0 Å². The summed E-state index contributed by atoms with van der Waals surface area (Å²) < 4.78 is 0.910. The van der Waals surface area contributed by atoms with Crippen molar-refractivity contribution in [2.24, 2.45) is 29.6 Å². The highest BCUT2D eigenvalue weighted by Gasteiger charge is 2.69. The SMILES string of the molecule is O=C1[C@H]2[C@H]3C[C@@H]([C@@H]2C(=O)N1c1ccc(Br)cc1)[C@H]1[C@H](c2cccnc2)c2sc(=O)[nH]c2S[C@H]31. The van der Waals surface area contributed by atoms with Crippen molar-refractivity contribution in [2.75, 3.05) is 4.90 Å². The predicted molar refractivity (Wildman–Crippen MR) is 129 cm³/mol. The zero-order valence-corrected chi connectivity index (χ0v) is 20.4. The van der Waals surface area contributed by atoms with Gasteiger partial charge in [0.2, 0.25) is 11.8 Å². The predicted octanol–water partition coefficient (Wildman–Crippen LogP) is 4.27. The summed E-state index contributed by atoms with van der Waals surface area (Å²) in [4.78, 5) is 49.3. The molecule has 0 unspecified atom stereocenters. The number of benzene rings is 1. The van der Waals surface area contributed by atoms with Crippen LogP contribution in [-0.2, 0) is 9.59 Å². The Morgan fingerprint density at radius 1 is 1.03 bits per heavy atom. The molecule has 0 radical (unpaired) electrons. The van der Waals surface area contributed by atoms with E-state index in [1.54, 1.807) is 18.0 Å². The summed E-state index contributed by atoms with van der Waals surface area (Å²) in [5, 5.41) is 1.12. The number of H-pyrrole nitrogens is 1. The third-order valence-electron chi connectivity index (χ3n) is 7.85. The van der Waals surface area contributed by atoms with Gasteiger partial charge in [-0.15, -0.1) is 11.8 Å². The Labute approximate surface area is 205 Å². The van der Waals surface area contributed by atoms with Crippen LogP contribution in [0.15, 0.2) is 63.1 Å². The van der Waals surface area contributed by atoms with Gasteiger partial charge in [-0.3, -0.25) is 24.3 Å². The monoisotopic (exact) mass is 539 g/mol. The van der Waals surface area contributed by atoms with Crippen LogP contribution in [0.5, 0.6) is 0 Å². The average Bonchev–Trinajstić information content (AvgIpc) is 3.54. The summed E-state index contributed by atoms with van der Waals surface area (Å²) >= 11 is 6.40. The fourth-order valence-electron chi connectivity index (χ4n) is 6.79. The minimum atomic E-state index is -0.288. The number of aromatic nitrogens is 2. The number of pyridine rings is 1. The lowest BCUT2D eigenvalue weighted by Crippen LogP contribution is -2.42. The van der Waals surface area contributed by atoms with Gasteiger partial charge in [0, 0.05) is 32.9 Å². The second kappa shape index (κ2) is 7.13. The Hall–Kier alpha value is -2.23. The number of halogens is 1. The molecule has 2 amide bonds. The highest BCUT2D eigenvalue weighted by molar-refractivity contribution is 9.10. The van der Waals surface area contributed by atoms with Crippen LogP contribution in [0.1, 0.15) is 22.8 Å². The number of thiazole rings is 1. The van der Waals surface area contributed by atoms with Crippen molar-refractivity contribution in [2.45, 2.75) is 22.6 Å². The molecule has 166 valence electrons. The number of thioether (sulfide) groups is 1. The topological polar surface area (TPSA) is 83.1 Å².